The number of fused-ring (bicyclic) bond motifs is 1. The predicted molar refractivity (Wildman–Crippen MR) is 117 cm³/mol. The van der Waals surface area contributed by atoms with Crippen molar-refractivity contribution in [3.63, 3.8) is 0 Å². The fourth-order valence-electron chi connectivity index (χ4n) is 3.72. The number of hydrogen-bond donors (Lipinski definition) is 0. The van der Waals surface area contributed by atoms with Gasteiger partial charge in [0.2, 0.25) is 0 Å². The van der Waals surface area contributed by atoms with Crippen LogP contribution in [0, 0.1) is 5.82 Å². The van der Waals surface area contributed by atoms with Gasteiger partial charge in [0.15, 0.2) is 11.3 Å². The van der Waals surface area contributed by atoms with E-state index in [-0.39, 0.29) is 17.8 Å². The number of amides is 1. The summed E-state index contributed by atoms with van der Waals surface area (Å²) in [6.07, 6.45) is 2.39. The average Bonchev–Trinajstić information content (AvgIpc) is 3.24. The third-order valence-corrected chi connectivity index (χ3v) is 5.39. The molecule has 0 spiro atoms. The van der Waals surface area contributed by atoms with Crippen molar-refractivity contribution in [1.29, 1.82) is 0 Å². The number of benzene rings is 2. The van der Waals surface area contributed by atoms with E-state index in [2.05, 4.69) is 10.1 Å². The number of hydrogen-bond acceptors (Lipinski definition) is 4. The third-order valence-electron chi connectivity index (χ3n) is 5.39. The Bertz CT molecular complexity index is 1200. The molecule has 0 saturated carbocycles. The standard InChI is InChI=1S/C24H23FN4O2/c1-4-21(16-5-9-18(25)10-6-16)28(2)24(30)20-15-23-26-14-13-22(29(23)27-20)17-7-11-19(31-3)12-8-17/h5-15,21H,4H2,1-3H3. The average molecular weight is 418 g/mol. The van der Waals surface area contributed by atoms with Crippen LogP contribution in [0.4, 0.5) is 4.39 Å². The predicted octanol–water partition coefficient (Wildman–Crippen LogP) is 4.77. The van der Waals surface area contributed by atoms with Crippen molar-refractivity contribution in [3.8, 4) is 17.0 Å². The Morgan fingerprint density at radius 1 is 1.13 bits per heavy atom. The summed E-state index contributed by atoms with van der Waals surface area (Å²) in [4.78, 5) is 19.2. The van der Waals surface area contributed by atoms with E-state index in [1.165, 1.54) is 12.1 Å². The summed E-state index contributed by atoms with van der Waals surface area (Å²) in [5, 5.41) is 4.55. The molecule has 31 heavy (non-hydrogen) atoms. The largest absolute Gasteiger partial charge is 0.497 e. The van der Waals surface area contributed by atoms with E-state index in [0.29, 0.717) is 17.8 Å². The number of nitrogens with zero attached hydrogens (tertiary/aromatic N) is 4. The molecule has 0 fully saturated rings. The topological polar surface area (TPSA) is 59.7 Å². The minimum Gasteiger partial charge on any atom is -0.497 e. The van der Waals surface area contributed by atoms with E-state index in [1.807, 2.05) is 37.3 Å². The molecular weight excluding hydrogens is 395 g/mol. The van der Waals surface area contributed by atoms with Crippen LogP contribution in [0.15, 0.2) is 66.9 Å². The zero-order chi connectivity index (χ0) is 22.0. The lowest BCUT2D eigenvalue weighted by Gasteiger charge is -2.27. The van der Waals surface area contributed by atoms with Crippen LogP contribution in [-0.2, 0) is 0 Å². The maximum Gasteiger partial charge on any atom is 0.274 e. The van der Waals surface area contributed by atoms with Crippen LogP contribution in [-0.4, -0.2) is 39.6 Å². The minimum absolute atomic E-state index is 0.188. The zero-order valence-electron chi connectivity index (χ0n) is 17.6. The molecule has 0 aliphatic carbocycles. The lowest BCUT2D eigenvalue weighted by Crippen LogP contribution is -2.31. The monoisotopic (exact) mass is 418 g/mol. The summed E-state index contributed by atoms with van der Waals surface area (Å²) >= 11 is 0. The first-order valence-electron chi connectivity index (χ1n) is 10.0. The molecule has 4 rings (SSSR count). The number of rotatable bonds is 6. The van der Waals surface area contributed by atoms with E-state index in [0.717, 1.165) is 22.6 Å². The molecule has 2 aromatic carbocycles. The first-order valence-corrected chi connectivity index (χ1v) is 10.0. The molecule has 2 heterocycles. The van der Waals surface area contributed by atoms with Gasteiger partial charge in [0.25, 0.3) is 5.91 Å². The fourth-order valence-corrected chi connectivity index (χ4v) is 3.72. The van der Waals surface area contributed by atoms with Gasteiger partial charge in [-0.25, -0.2) is 13.9 Å². The van der Waals surface area contributed by atoms with E-state index in [9.17, 15) is 9.18 Å². The maximum atomic E-state index is 13.3. The van der Waals surface area contributed by atoms with Gasteiger partial charge in [-0.05, 0) is 54.4 Å². The Balaban J connectivity index is 1.67. The van der Waals surface area contributed by atoms with Gasteiger partial charge in [-0.15, -0.1) is 0 Å². The van der Waals surface area contributed by atoms with Gasteiger partial charge in [0, 0.05) is 24.9 Å². The van der Waals surface area contributed by atoms with Gasteiger partial charge < -0.3 is 9.64 Å². The van der Waals surface area contributed by atoms with Crippen molar-refractivity contribution >= 4 is 11.6 Å². The molecule has 0 aliphatic rings. The molecule has 0 N–H and O–H groups in total. The number of halogens is 1. The van der Waals surface area contributed by atoms with E-state index in [1.54, 1.807) is 48.0 Å². The highest BCUT2D eigenvalue weighted by molar-refractivity contribution is 5.93. The van der Waals surface area contributed by atoms with Crippen molar-refractivity contribution in [1.82, 2.24) is 19.5 Å². The van der Waals surface area contributed by atoms with Gasteiger partial charge >= 0.3 is 0 Å². The maximum absolute atomic E-state index is 13.3. The van der Waals surface area contributed by atoms with Gasteiger partial charge in [-0.2, -0.15) is 5.10 Å². The summed E-state index contributed by atoms with van der Waals surface area (Å²) in [5.74, 6) is 0.242. The first-order chi connectivity index (χ1) is 15.0. The van der Waals surface area contributed by atoms with Crippen LogP contribution >= 0.6 is 0 Å². The summed E-state index contributed by atoms with van der Waals surface area (Å²) in [6, 6.07) is 17.2. The smallest absolute Gasteiger partial charge is 0.274 e. The summed E-state index contributed by atoms with van der Waals surface area (Å²) in [6.45, 7) is 1.99. The molecule has 158 valence electrons. The fraction of sp³-hybridized carbons (Fsp3) is 0.208. The van der Waals surface area contributed by atoms with E-state index < -0.39 is 0 Å². The Hall–Kier alpha value is -3.74. The van der Waals surface area contributed by atoms with Gasteiger partial charge in [0.05, 0.1) is 18.8 Å². The van der Waals surface area contributed by atoms with Crippen molar-refractivity contribution in [3.05, 3.63) is 83.9 Å². The second-order valence-corrected chi connectivity index (χ2v) is 7.25. The van der Waals surface area contributed by atoms with Crippen molar-refractivity contribution in [2.24, 2.45) is 0 Å². The van der Waals surface area contributed by atoms with Crippen molar-refractivity contribution in [2.45, 2.75) is 19.4 Å². The summed E-state index contributed by atoms with van der Waals surface area (Å²) < 4.78 is 20.2. The van der Waals surface area contributed by atoms with Crippen LogP contribution in [0.5, 0.6) is 5.75 Å². The molecule has 1 atom stereocenters. The highest BCUT2D eigenvalue weighted by Gasteiger charge is 2.24. The van der Waals surface area contributed by atoms with Crippen LogP contribution in [0.25, 0.3) is 16.9 Å². The van der Waals surface area contributed by atoms with E-state index in [4.69, 9.17) is 4.74 Å². The van der Waals surface area contributed by atoms with Crippen molar-refractivity contribution < 1.29 is 13.9 Å². The lowest BCUT2D eigenvalue weighted by atomic mass is 10.0. The molecule has 0 saturated heterocycles. The number of ether oxygens (including phenoxy) is 1. The van der Waals surface area contributed by atoms with Gasteiger partial charge in [-0.3, -0.25) is 4.79 Å². The number of carbonyl (C=O) groups excluding carboxylic acids is 1. The zero-order valence-corrected chi connectivity index (χ0v) is 17.6. The minimum atomic E-state index is -0.301. The molecule has 2 aromatic heterocycles. The molecule has 4 aromatic rings. The highest BCUT2D eigenvalue weighted by Crippen LogP contribution is 2.26. The third kappa shape index (κ3) is 3.99. The Morgan fingerprint density at radius 3 is 2.48 bits per heavy atom. The SMILES string of the molecule is CCC(c1ccc(F)cc1)N(C)C(=O)c1cc2nccc(-c3ccc(OC)cc3)n2n1. The Morgan fingerprint density at radius 2 is 1.84 bits per heavy atom. The lowest BCUT2D eigenvalue weighted by molar-refractivity contribution is 0.0720. The van der Waals surface area contributed by atoms with Crippen LogP contribution in [0.2, 0.25) is 0 Å². The number of carbonyl (C=O) groups is 1. The normalized spacial score (nSPS) is 12.0. The second kappa shape index (κ2) is 8.55. The summed E-state index contributed by atoms with van der Waals surface area (Å²) in [7, 11) is 3.36. The van der Waals surface area contributed by atoms with E-state index >= 15 is 0 Å². The molecule has 6 nitrogen and oxygen atoms in total. The van der Waals surface area contributed by atoms with Gasteiger partial charge in [-0.1, -0.05) is 19.1 Å². The molecular formula is C24H23FN4O2. The highest BCUT2D eigenvalue weighted by atomic mass is 19.1. The molecule has 0 bridgehead atoms. The molecule has 0 aliphatic heterocycles. The first kappa shape index (κ1) is 20.5. The van der Waals surface area contributed by atoms with Crippen molar-refractivity contribution in [2.75, 3.05) is 14.2 Å². The Labute approximate surface area is 179 Å². The summed E-state index contributed by atoms with van der Waals surface area (Å²) in [5.41, 5.74) is 3.51. The second-order valence-electron chi connectivity index (χ2n) is 7.25. The molecule has 7 heteroatoms. The number of aromatic nitrogens is 3. The van der Waals surface area contributed by atoms with Crippen LogP contribution in [0.3, 0.4) is 0 Å². The van der Waals surface area contributed by atoms with Crippen LogP contribution < -0.4 is 4.74 Å². The molecule has 0 radical (unpaired) electrons. The Kier molecular flexibility index (Phi) is 5.66. The molecule has 1 amide bonds. The number of methoxy groups -OCH3 is 1. The quantitative estimate of drug-likeness (QED) is 0.453. The van der Waals surface area contributed by atoms with Gasteiger partial charge in [0.1, 0.15) is 11.6 Å². The van der Waals surface area contributed by atoms with Crippen LogP contribution in [0.1, 0.15) is 35.4 Å². The molecule has 1 unspecified atom stereocenters.